The van der Waals surface area contributed by atoms with Crippen LogP contribution < -0.4 is 11.1 Å². The molecule has 0 aliphatic heterocycles. The molecule has 5 rings (SSSR count). The van der Waals surface area contributed by atoms with Crippen LogP contribution in [0.25, 0.3) is 22.2 Å². The van der Waals surface area contributed by atoms with Gasteiger partial charge in [0.2, 0.25) is 5.91 Å². The van der Waals surface area contributed by atoms with Crippen LogP contribution in [0, 0.1) is 0 Å². The van der Waals surface area contributed by atoms with E-state index in [-0.39, 0.29) is 5.91 Å². The van der Waals surface area contributed by atoms with Gasteiger partial charge in [0.1, 0.15) is 5.69 Å². The topological polar surface area (TPSA) is 90.0 Å². The van der Waals surface area contributed by atoms with Crippen molar-refractivity contribution in [3.05, 3.63) is 120 Å². The number of nitrogens with two attached hydrogens (primary N) is 1. The third-order valence-corrected chi connectivity index (χ3v) is 5.66. The number of carbonyl (C=O) groups excluding carboxylic acids is 2. The second-order valence-electron chi connectivity index (χ2n) is 7.95. The minimum absolute atomic E-state index is 0.160. The first kappa shape index (κ1) is 21.2. The van der Waals surface area contributed by atoms with E-state index in [0.717, 1.165) is 16.5 Å². The molecule has 0 bridgehead atoms. The Morgan fingerprint density at radius 3 is 2.38 bits per heavy atom. The van der Waals surface area contributed by atoms with Crippen LogP contribution in [0.3, 0.4) is 0 Å². The molecule has 0 radical (unpaired) electrons. The van der Waals surface area contributed by atoms with Crippen LogP contribution in [-0.4, -0.2) is 21.6 Å². The van der Waals surface area contributed by atoms with Gasteiger partial charge in [0.05, 0.1) is 12.1 Å². The van der Waals surface area contributed by atoms with Crippen LogP contribution in [0.4, 0.5) is 5.69 Å². The molecule has 5 aromatic rings. The number of hydrogen-bond acceptors (Lipinski definition) is 3. The molecule has 4 aromatic carbocycles. The summed E-state index contributed by atoms with van der Waals surface area (Å²) in [6.45, 7) is 0.494. The van der Waals surface area contributed by atoms with E-state index in [4.69, 9.17) is 10.8 Å². The van der Waals surface area contributed by atoms with Crippen molar-refractivity contribution in [2.24, 2.45) is 5.73 Å². The van der Waals surface area contributed by atoms with Crippen molar-refractivity contribution >= 4 is 28.4 Å². The van der Waals surface area contributed by atoms with Crippen molar-refractivity contribution in [3.8, 4) is 11.3 Å². The number of fused-ring (bicyclic) bond motifs is 1. The molecule has 0 unspecified atom stereocenters. The van der Waals surface area contributed by atoms with Crippen molar-refractivity contribution in [1.82, 2.24) is 9.78 Å². The Bertz CT molecular complexity index is 1510. The van der Waals surface area contributed by atoms with Crippen LogP contribution in [0.15, 0.2) is 103 Å². The number of rotatable bonds is 6. The fourth-order valence-electron chi connectivity index (χ4n) is 4.06. The molecule has 0 saturated heterocycles. The van der Waals surface area contributed by atoms with Gasteiger partial charge in [-0.05, 0) is 42.0 Å². The van der Waals surface area contributed by atoms with Gasteiger partial charge < -0.3 is 11.1 Å². The Kier molecular flexibility index (Phi) is 5.62. The van der Waals surface area contributed by atoms with E-state index in [2.05, 4.69) is 5.32 Å². The lowest BCUT2D eigenvalue weighted by atomic mass is 10.0. The van der Waals surface area contributed by atoms with Gasteiger partial charge in [0.15, 0.2) is 0 Å². The molecule has 0 saturated carbocycles. The number of amides is 2. The van der Waals surface area contributed by atoms with Gasteiger partial charge in [-0.25, -0.2) is 0 Å². The maximum atomic E-state index is 12.5. The first-order valence-corrected chi connectivity index (χ1v) is 10.9. The van der Waals surface area contributed by atoms with Gasteiger partial charge in [0.25, 0.3) is 5.91 Å². The zero-order valence-electron chi connectivity index (χ0n) is 18.3. The SMILES string of the molecule is NC(=O)c1ccccc1-c1nn(Cc2cccc(NC(=O)c3ccccc3)c2)c2ccccc12. The lowest BCUT2D eigenvalue weighted by molar-refractivity contribution is 0.0998. The number of nitrogens with zero attached hydrogens (tertiary/aromatic N) is 2. The molecule has 0 atom stereocenters. The van der Waals surface area contributed by atoms with E-state index in [1.807, 2.05) is 83.5 Å². The number of carbonyl (C=O) groups is 2. The van der Waals surface area contributed by atoms with E-state index in [9.17, 15) is 9.59 Å². The van der Waals surface area contributed by atoms with Crippen molar-refractivity contribution < 1.29 is 9.59 Å². The number of hydrogen-bond donors (Lipinski definition) is 2. The zero-order valence-corrected chi connectivity index (χ0v) is 18.3. The second-order valence-corrected chi connectivity index (χ2v) is 7.95. The summed E-state index contributed by atoms with van der Waals surface area (Å²) in [5.41, 5.74) is 10.7. The average molecular weight is 447 g/mol. The zero-order chi connectivity index (χ0) is 23.5. The quantitative estimate of drug-likeness (QED) is 0.380. The molecule has 0 fully saturated rings. The van der Waals surface area contributed by atoms with Gasteiger partial charge >= 0.3 is 0 Å². The van der Waals surface area contributed by atoms with Crippen molar-refractivity contribution in [1.29, 1.82) is 0 Å². The number of aromatic nitrogens is 2. The third-order valence-electron chi connectivity index (χ3n) is 5.66. The fraction of sp³-hybridized carbons (Fsp3) is 0.0357. The normalized spacial score (nSPS) is 10.8. The number of primary amides is 1. The number of nitrogens with one attached hydrogen (secondary N) is 1. The molecule has 166 valence electrons. The number of anilines is 1. The molecule has 1 aromatic heterocycles. The highest BCUT2D eigenvalue weighted by Crippen LogP contribution is 2.30. The van der Waals surface area contributed by atoms with E-state index < -0.39 is 5.91 Å². The Morgan fingerprint density at radius 2 is 1.56 bits per heavy atom. The van der Waals surface area contributed by atoms with Gasteiger partial charge in [0, 0.05) is 27.8 Å². The molecule has 0 aliphatic rings. The smallest absolute Gasteiger partial charge is 0.255 e. The minimum Gasteiger partial charge on any atom is -0.366 e. The fourth-order valence-corrected chi connectivity index (χ4v) is 4.06. The van der Waals surface area contributed by atoms with Gasteiger partial charge in [-0.15, -0.1) is 0 Å². The minimum atomic E-state index is -0.490. The maximum Gasteiger partial charge on any atom is 0.255 e. The van der Waals surface area contributed by atoms with E-state index in [1.54, 1.807) is 24.3 Å². The van der Waals surface area contributed by atoms with Crippen LogP contribution in [0.2, 0.25) is 0 Å². The molecule has 0 spiro atoms. The summed E-state index contributed by atoms with van der Waals surface area (Å²) in [4.78, 5) is 24.5. The highest BCUT2D eigenvalue weighted by Gasteiger charge is 2.17. The van der Waals surface area contributed by atoms with E-state index in [1.165, 1.54) is 0 Å². The average Bonchev–Trinajstić information content (AvgIpc) is 3.23. The van der Waals surface area contributed by atoms with Crippen LogP contribution in [0.5, 0.6) is 0 Å². The number of benzene rings is 4. The number of para-hydroxylation sites is 1. The molecule has 6 heteroatoms. The molecule has 2 amide bonds. The summed E-state index contributed by atoms with van der Waals surface area (Å²) < 4.78 is 1.90. The first-order valence-electron chi connectivity index (χ1n) is 10.9. The lowest BCUT2D eigenvalue weighted by Gasteiger charge is -2.09. The molecule has 34 heavy (non-hydrogen) atoms. The Morgan fingerprint density at radius 1 is 0.824 bits per heavy atom. The summed E-state index contributed by atoms with van der Waals surface area (Å²) in [6, 6.07) is 31.9. The van der Waals surface area contributed by atoms with Gasteiger partial charge in [-0.1, -0.05) is 66.7 Å². The Hall–Kier alpha value is -4.71. The molecular formula is C28H22N4O2. The first-order chi connectivity index (χ1) is 16.6. The van der Waals surface area contributed by atoms with Crippen molar-refractivity contribution in [3.63, 3.8) is 0 Å². The van der Waals surface area contributed by atoms with Gasteiger partial charge in [-0.2, -0.15) is 5.10 Å². The van der Waals surface area contributed by atoms with E-state index >= 15 is 0 Å². The summed E-state index contributed by atoms with van der Waals surface area (Å²) >= 11 is 0. The Balaban J connectivity index is 1.48. The molecule has 6 nitrogen and oxygen atoms in total. The van der Waals surface area contributed by atoms with Crippen LogP contribution in [0.1, 0.15) is 26.3 Å². The maximum absolute atomic E-state index is 12.5. The summed E-state index contributed by atoms with van der Waals surface area (Å²) in [7, 11) is 0. The molecule has 1 heterocycles. The summed E-state index contributed by atoms with van der Waals surface area (Å²) in [6.07, 6.45) is 0. The summed E-state index contributed by atoms with van der Waals surface area (Å²) in [5, 5.41) is 8.75. The third kappa shape index (κ3) is 4.17. The van der Waals surface area contributed by atoms with Crippen molar-refractivity contribution in [2.45, 2.75) is 6.54 Å². The largest absolute Gasteiger partial charge is 0.366 e. The summed E-state index contributed by atoms with van der Waals surface area (Å²) in [5.74, 6) is -0.649. The second kappa shape index (κ2) is 9.03. The lowest BCUT2D eigenvalue weighted by Crippen LogP contribution is -2.12. The van der Waals surface area contributed by atoms with Crippen LogP contribution >= 0.6 is 0 Å². The molecule has 0 aliphatic carbocycles. The predicted octanol–water partition coefficient (Wildman–Crippen LogP) is 5.10. The monoisotopic (exact) mass is 446 g/mol. The van der Waals surface area contributed by atoms with Crippen LogP contribution in [-0.2, 0) is 6.54 Å². The highest BCUT2D eigenvalue weighted by atomic mass is 16.2. The highest BCUT2D eigenvalue weighted by molar-refractivity contribution is 6.05. The van der Waals surface area contributed by atoms with Crippen molar-refractivity contribution in [2.75, 3.05) is 5.32 Å². The standard InChI is InChI=1S/C28H22N4O2/c29-27(33)23-14-5-4-13-22(23)26-24-15-6-7-16-25(24)32(31-26)18-19-9-8-12-21(17-19)30-28(34)20-10-2-1-3-11-20/h1-17H,18H2,(H2,29,33)(H,30,34). The molecule has 3 N–H and O–H groups in total. The molecular weight excluding hydrogens is 424 g/mol. The predicted molar refractivity (Wildman–Crippen MR) is 134 cm³/mol. The van der Waals surface area contributed by atoms with Gasteiger partial charge in [-0.3, -0.25) is 14.3 Å². The van der Waals surface area contributed by atoms with E-state index in [0.29, 0.717) is 34.6 Å². The Labute approximate surface area is 196 Å².